The van der Waals surface area contributed by atoms with Crippen LogP contribution >= 0.6 is 0 Å². The maximum absolute atomic E-state index is 10.8. The number of fused-ring (bicyclic) bond motifs is 1. The Labute approximate surface area is 106 Å². The lowest BCUT2D eigenvalue weighted by Gasteiger charge is -2.24. The summed E-state index contributed by atoms with van der Waals surface area (Å²) in [4.78, 5) is 10.8. The zero-order valence-electron chi connectivity index (χ0n) is 10.5. The lowest BCUT2D eigenvalue weighted by molar-refractivity contribution is -0.138. The topological polar surface area (TPSA) is 81.8 Å². The number of rotatable bonds is 3. The van der Waals surface area contributed by atoms with Gasteiger partial charge in [0.05, 0.1) is 0 Å². The van der Waals surface area contributed by atoms with Crippen molar-refractivity contribution in [2.24, 2.45) is 5.73 Å². The number of nitrogens with two attached hydrogens (primary N) is 1. The zero-order chi connectivity index (χ0) is 13.3. The first-order valence-electron chi connectivity index (χ1n) is 5.87. The van der Waals surface area contributed by atoms with Crippen LogP contribution in [-0.4, -0.2) is 30.3 Å². The van der Waals surface area contributed by atoms with Gasteiger partial charge in [0.25, 0.3) is 0 Å². The highest BCUT2D eigenvalue weighted by Gasteiger charge is 2.23. The van der Waals surface area contributed by atoms with Crippen LogP contribution in [0.3, 0.4) is 0 Å². The monoisotopic (exact) mass is 251 g/mol. The first-order valence-corrected chi connectivity index (χ1v) is 5.87. The van der Waals surface area contributed by atoms with E-state index in [2.05, 4.69) is 0 Å². The van der Waals surface area contributed by atoms with Gasteiger partial charge in [-0.1, -0.05) is 6.07 Å². The summed E-state index contributed by atoms with van der Waals surface area (Å²) < 4.78 is 11.2. The largest absolute Gasteiger partial charge is 0.486 e. The third-order valence-corrected chi connectivity index (χ3v) is 3.15. The highest BCUT2D eigenvalue weighted by molar-refractivity contribution is 5.74. The second-order valence-corrected chi connectivity index (χ2v) is 4.48. The van der Waals surface area contributed by atoms with Crippen LogP contribution < -0.4 is 15.2 Å². The Morgan fingerprint density at radius 2 is 2.00 bits per heavy atom. The molecule has 2 rings (SSSR count). The van der Waals surface area contributed by atoms with Gasteiger partial charge >= 0.3 is 5.97 Å². The highest BCUT2D eigenvalue weighted by Crippen LogP contribution is 2.39. The summed E-state index contributed by atoms with van der Waals surface area (Å²) >= 11 is 0. The van der Waals surface area contributed by atoms with Crippen molar-refractivity contribution in [3.63, 3.8) is 0 Å². The van der Waals surface area contributed by atoms with Crippen molar-refractivity contribution >= 4 is 5.97 Å². The fourth-order valence-corrected chi connectivity index (χ4v) is 2.03. The minimum absolute atomic E-state index is 0.238. The summed E-state index contributed by atoms with van der Waals surface area (Å²) in [6, 6.07) is 0.993. The van der Waals surface area contributed by atoms with E-state index >= 15 is 0 Å². The van der Waals surface area contributed by atoms with Crippen molar-refractivity contribution in [2.45, 2.75) is 26.3 Å². The molecule has 0 spiro atoms. The highest BCUT2D eigenvalue weighted by atomic mass is 16.6. The summed E-state index contributed by atoms with van der Waals surface area (Å²) in [6.07, 6.45) is 0.238. The minimum Gasteiger partial charge on any atom is -0.486 e. The molecule has 5 nitrogen and oxygen atoms in total. The van der Waals surface area contributed by atoms with Crippen LogP contribution in [0.5, 0.6) is 11.5 Å². The molecule has 0 radical (unpaired) electrons. The average Bonchev–Trinajstić information content (AvgIpc) is 2.35. The number of benzene rings is 1. The summed E-state index contributed by atoms with van der Waals surface area (Å²) in [5.41, 5.74) is 8.44. The summed E-state index contributed by atoms with van der Waals surface area (Å²) in [7, 11) is 0. The Morgan fingerprint density at radius 1 is 1.39 bits per heavy atom. The molecular formula is C13H17NO4. The molecule has 1 atom stereocenters. The maximum atomic E-state index is 10.8. The van der Waals surface area contributed by atoms with E-state index in [0.717, 1.165) is 16.7 Å². The number of hydrogen-bond acceptors (Lipinski definition) is 4. The van der Waals surface area contributed by atoms with E-state index in [1.807, 2.05) is 19.9 Å². The Balaban J connectivity index is 2.41. The SMILES string of the molecule is Cc1cc(CC(N)C(=O)O)c2c(c1C)OCCO2. The molecule has 0 saturated heterocycles. The molecule has 0 bridgehead atoms. The molecule has 1 aromatic carbocycles. The fraction of sp³-hybridized carbons (Fsp3) is 0.462. The van der Waals surface area contributed by atoms with Crippen molar-refractivity contribution in [3.8, 4) is 11.5 Å². The molecule has 1 aliphatic heterocycles. The summed E-state index contributed by atoms with van der Waals surface area (Å²) in [5.74, 6) is 0.341. The fourth-order valence-electron chi connectivity index (χ4n) is 2.03. The Morgan fingerprint density at radius 3 is 2.61 bits per heavy atom. The number of carbonyl (C=O) groups is 1. The van der Waals surface area contributed by atoms with Gasteiger partial charge in [0.2, 0.25) is 0 Å². The third-order valence-electron chi connectivity index (χ3n) is 3.15. The quantitative estimate of drug-likeness (QED) is 0.838. The number of carboxylic acids is 1. The smallest absolute Gasteiger partial charge is 0.320 e. The summed E-state index contributed by atoms with van der Waals surface area (Å²) in [5, 5.41) is 8.87. The van der Waals surface area contributed by atoms with Gasteiger partial charge in [0.15, 0.2) is 11.5 Å². The molecule has 3 N–H and O–H groups in total. The lowest BCUT2D eigenvalue weighted by atomic mass is 9.98. The van der Waals surface area contributed by atoms with Crippen LogP contribution in [-0.2, 0) is 11.2 Å². The number of aryl methyl sites for hydroxylation is 1. The van der Waals surface area contributed by atoms with E-state index in [1.165, 1.54) is 0 Å². The zero-order valence-corrected chi connectivity index (χ0v) is 10.5. The number of hydrogen-bond donors (Lipinski definition) is 2. The van der Waals surface area contributed by atoms with Gasteiger partial charge in [-0.05, 0) is 25.0 Å². The molecule has 0 aromatic heterocycles. The maximum Gasteiger partial charge on any atom is 0.320 e. The van der Waals surface area contributed by atoms with Gasteiger partial charge in [-0.2, -0.15) is 0 Å². The summed E-state index contributed by atoms with van der Waals surface area (Å²) in [6.45, 7) is 4.92. The van der Waals surface area contributed by atoms with Gasteiger partial charge in [-0.15, -0.1) is 0 Å². The molecular weight excluding hydrogens is 234 g/mol. The molecule has 1 aromatic rings. The van der Waals surface area contributed by atoms with Crippen molar-refractivity contribution in [1.29, 1.82) is 0 Å². The molecule has 98 valence electrons. The standard InChI is InChI=1S/C13H17NO4/c1-7-5-9(6-10(14)13(15)16)12-11(8(7)2)17-3-4-18-12/h5,10H,3-4,6,14H2,1-2H3,(H,15,16). The molecule has 1 unspecified atom stereocenters. The number of aliphatic carboxylic acids is 1. The molecule has 0 amide bonds. The van der Waals surface area contributed by atoms with Crippen LogP contribution in [0.1, 0.15) is 16.7 Å². The van der Waals surface area contributed by atoms with E-state index < -0.39 is 12.0 Å². The molecule has 0 saturated carbocycles. The average molecular weight is 251 g/mol. The van der Waals surface area contributed by atoms with E-state index in [9.17, 15) is 4.79 Å². The lowest BCUT2D eigenvalue weighted by Crippen LogP contribution is -2.32. The van der Waals surface area contributed by atoms with Crippen LogP contribution in [0, 0.1) is 13.8 Å². The van der Waals surface area contributed by atoms with Crippen LogP contribution in [0.15, 0.2) is 6.07 Å². The minimum atomic E-state index is -1.02. The van der Waals surface area contributed by atoms with Crippen molar-refractivity contribution in [3.05, 3.63) is 22.8 Å². The van der Waals surface area contributed by atoms with Gasteiger partial charge < -0.3 is 20.3 Å². The molecule has 1 heterocycles. The molecule has 18 heavy (non-hydrogen) atoms. The number of carboxylic acid groups (broad SMARTS) is 1. The molecule has 0 aliphatic carbocycles. The first kappa shape index (κ1) is 12.7. The van der Waals surface area contributed by atoms with E-state index in [1.54, 1.807) is 0 Å². The van der Waals surface area contributed by atoms with E-state index in [-0.39, 0.29) is 6.42 Å². The van der Waals surface area contributed by atoms with Crippen molar-refractivity contribution in [2.75, 3.05) is 13.2 Å². The molecule has 0 fully saturated rings. The van der Waals surface area contributed by atoms with Gasteiger partial charge in [0.1, 0.15) is 19.3 Å². The molecule has 1 aliphatic rings. The van der Waals surface area contributed by atoms with E-state index in [0.29, 0.717) is 24.7 Å². The predicted octanol–water partition coefficient (Wildman–Crippen LogP) is 1.03. The first-order chi connectivity index (χ1) is 8.50. The third kappa shape index (κ3) is 2.26. The van der Waals surface area contributed by atoms with Crippen molar-refractivity contribution < 1.29 is 19.4 Å². The van der Waals surface area contributed by atoms with Crippen LogP contribution in [0.25, 0.3) is 0 Å². The normalized spacial score (nSPS) is 15.3. The molecule has 5 heteroatoms. The Kier molecular flexibility index (Phi) is 3.43. The Hall–Kier alpha value is -1.75. The van der Waals surface area contributed by atoms with Gasteiger partial charge in [-0.25, -0.2) is 0 Å². The van der Waals surface area contributed by atoms with Gasteiger partial charge in [-0.3, -0.25) is 4.79 Å². The van der Waals surface area contributed by atoms with Crippen LogP contribution in [0.2, 0.25) is 0 Å². The predicted molar refractivity (Wildman–Crippen MR) is 66.2 cm³/mol. The van der Waals surface area contributed by atoms with Gasteiger partial charge in [0, 0.05) is 12.0 Å². The van der Waals surface area contributed by atoms with Crippen molar-refractivity contribution in [1.82, 2.24) is 0 Å². The number of ether oxygens (including phenoxy) is 2. The Bertz CT molecular complexity index is 484. The second-order valence-electron chi connectivity index (χ2n) is 4.48. The second kappa shape index (κ2) is 4.86. The van der Waals surface area contributed by atoms with Crippen LogP contribution in [0.4, 0.5) is 0 Å². The van der Waals surface area contributed by atoms with E-state index in [4.69, 9.17) is 20.3 Å².